The number of urea groups is 1. The Bertz CT molecular complexity index is 663. The Kier molecular flexibility index (Phi) is 4.04. The number of furan rings is 1. The number of nitrogens with zero attached hydrogens (tertiary/aromatic N) is 3. The number of nitrogens with one attached hydrogen (secondary N) is 1. The van der Waals surface area contributed by atoms with Crippen molar-refractivity contribution >= 4 is 6.03 Å². The van der Waals surface area contributed by atoms with Gasteiger partial charge in [-0.15, -0.1) is 0 Å². The fraction of sp³-hybridized carbons (Fsp3) is 0.556. The molecule has 2 saturated carbocycles. The lowest BCUT2D eigenvalue weighted by Crippen LogP contribution is -2.48. The van der Waals surface area contributed by atoms with Gasteiger partial charge < -0.3 is 19.2 Å². The van der Waals surface area contributed by atoms with Crippen LogP contribution in [-0.2, 0) is 0 Å². The molecule has 0 aromatic carbocycles. The number of imidazole rings is 1. The number of hydrogen-bond acceptors (Lipinski definition) is 3. The molecule has 4 rings (SSSR count). The van der Waals surface area contributed by atoms with Gasteiger partial charge in [0.25, 0.3) is 0 Å². The van der Waals surface area contributed by atoms with Gasteiger partial charge in [-0.1, -0.05) is 0 Å². The molecule has 0 bridgehead atoms. The van der Waals surface area contributed by atoms with E-state index in [2.05, 4.69) is 14.9 Å². The summed E-state index contributed by atoms with van der Waals surface area (Å²) in [6.07, 6.45) is 12.7. The highest BCUT2D eigenvalue weighted by atomic mass is 16.3. The van der Waals surface area contributed by atoms with Crippen LogP contribution in [0.4, 0.5) is 4.79 Å². The molecule has 6 heteroatoms. The van der Waals surface area contributed by atoms with Crippen LogP contribution in [0.25, 0.3) is 0 Å². The third-order valence-corrected chi connectivity index (χ3v) is 5.24. The Morgan fingerprint density at radius 1 is 1.42 bits per heavy atom. The summed E-state index contributed by atoms with van der Waals surface area (Å²) in [5.74, 6) is 0.842. The highest BCUT2D eigenvalue weighted by Gasteiger charge is 2.39. The van der Waals surface area contributed by atoms with Gasteiger partial charge in [-0.25, -0.2) is 9.78 Å². The van der Waals surface area contributed by atoms with E-state index in [9.17, 15) is 4.79 Å². The normalized spacial score (nSPS) is 24.7. The maximum Gasteiger partial charge on any atom is 0.318 e. The van der Waals surface area contributed by atoms with Crippen LogP contribution in [-0.4, -0.2) is 32.6 Å². The predicted molar refractivity (Wildman–Crippen MR) is 89.4 cm³/mol. The largest absolute Gasteiger partial charge is 0.467 e. The molecular weight excluding hydrogens is 304 g/mol. The number of aromatic nitrogens is 2. The zero-order valence-corrected chi connectivity index (χ0v) is 14.0. The molecule has 24 heavy (non-hydrogen) atoms. The minimum atomic E-state index is -0.0411. The fourth-order valence-electron chi connectivity index (χ4n) is 3.84. The molecule has 2 aromatic rings. The lowest BCUT2D eigenvalue weighted by molar-refractivity contribution is 0.160. The minimum Gasteiger partial charge on any atom is -0.467 e. The maximum atomic E-state index is 13.0. The van der Waals surface area contributed by atoms with Crippen molar-refractivity contribution in [2.75, 3.05) is 0 Å². The first kappa shape index (κ1) is 15.3. The minimum absolute atomic E-state index is 0.0263. The average molecular weight is 328 g/mol. The lowest BCUT2D eigenvalue weighted by atomic mass is 10.1. The van der Waals surface area contributed by atoms with Gasteiger partial charge in [-0.2, -0.15) is 0 Å². The van der Waals surface area contributed by atoms with Crippen LogP contribution < -0.4 is 5.32 Å². The van der Waals surface area contributed by atoms with Crippen molar-refractivity contribution in [1.82, 2.24) is 19.8 Å². The van der Waals surface area contributed by atoms with Crippen LogP contribution in [0.2, 0.25) is 0 Å². The Hall–Kier alpha value is -2.24. The van der Waals surface area contributed by atoms with E-state index in [-0.39, 0.29) is 18.1 Å². The van der Waals surface area contributed by atoms with Gasteiger partial charge in [0.05, 0.1) is 30.7 Å². The molecule has 3 atom stereocenters. The SMILES string of the molecule is C[C@H](c1ccco1)N(C(=O)N[C@@H]1CCC[C@@H]1n1ccnc1)C1CC1. The van der Waals surface area contributed by atoms with Crippen molar-refractivity contribution in [2.24, 2.45) is 0 Å². The number of amides is 2. The van der Waals surface area contributed by atoms with Gasteiger partial charge in [-0.3, -0.25) is 0 Å². The molecule has 0 aliphatic heterocycles. The summed E-state index contributed by atoms with van der Waals surface area (Å²) < 4.78 is 7.64. The summed E-state index contributed by atoms with van der Waals surface area (Å²) in [7, 11) is 0. The zero-order chi connectivity index (χ0) is 16.5. The first-order valence-electron chi connectivity index (χ1n) is 8.83. The fourth-order valence-corrected chi connectivity index (χ4v) is 3.84. The van der Waals surface area contributed by atoms with E-state index in [1.807, 2.05) is 36.5 Å². The zero-order valence-electron chi connectivity index (χ0n) is 14.0. The molecule has 0 unspecified atom stereocenters. The molecular formula is C18H24N4O2. The quantitative estimate of drug-likeness (QED) is 0.913. The molecule has 2 fully saturated rings. The van der Waals surface area contributed by atoms with E-state index in [1.165, 1.54) is 0 Å². The van der Waals surface area contributed by atoms with E-state index in [0.29, 0.717) is 12.1 Å². The summed E-state index contributed by atoms with van der Waals surface area (Å²) in [4.78, 5) is 19.1. The molecule has 2 aliphatic rings. The van der Waals surface area contributed by atoms with Crippen LogP contribution in [0.15, 0.2) is 41.5 Å². The first-order valence-corrected chi connectivity index (χ1v) is 8.83. The Balaban J connectivity index is 1.47. The van der Waals surface area contributed by atoms with Crippen LogP contribution in [0.3, 0.4) is 0 Å². The third-order valence-electron chi connectivity index (χ3n) is 5.24. The predicted octanol–water partition coefficient (Wildman–Crippen LogP) is 3.50. The van der Waals surface area contributed by atoms with Crippen molar-refractivity contribution in [2.45, 2.75) is 63.2 Å². The van der Waals surface area contributed by atoms with E-state index in [4.69, 9.17) is 4.42 Å². The average Bonchev–Trinajstić information content (AvgIpc) is 3.07. The van der Waals surface area contributed by atoms with Gasteiger partial charge in [0, 0.05) is 18.4 Å². The van der Waals surface area contributed by atoms with Crippen molar-refractivity contribution in [3.05, 3.63) is 42.9 Å². The molecule has 0 saturated heterocycles. The van der Waals surface area contributed by atoms with Crippen molar-refractivity contribution in [3.8, 4) is 0 Å². The van der Waals surface area contributed by atoms with Gasteiger partial charge in [-0.05, 0) is 51.2 Å². The molecule has 2 aliphatic carbocycles. The second kappa shape index (κ2) is 6.34. The monoisotopic (exact) mass is 328 g/mol. The molecule has 1 N–H and O–H groups in total. The van der Waals surface area contributed by atoms with Crippen molar-refractivity contribution < 1.29 is 9.21 Å². The van der Waals surface area contributed by atoms with Crippen LogP contribution in [0.5, 0.6) is 0 Å². The van der Waals surface area contributed by atoms with E-state index < -0.39 is 0 Å². The van der Waals surface area contributed by atoms with Crippen LogP contribution >= 0.6 is 0 Å². The number of carbonyl (C=O) groups excluding carboxylic acids is 1. The summed E-state index contributed by atoms with van der Waals surface area (Å²) in [5, 5.41) is 3.28. The molecule has 0 spiro atoms. The van der Waals surface area contributed by atoms with Crippen LogP contribution in [0.1, 0.15) is 56.9 Å². The van der Waals surface area contributed by atoms with Gasteiger partial charge in [0.2, 0.25) is 0 Å². The molecule has 2 aromatic heterocycles. The Labute approximate surface area is 141 Å². The second-order valence-corrected chi connectivity index (χ2v) is 6.89. The van der Waals surface area contributed by atoms with Crippen molar-refractivity contribution in [1.29, 1.82) is 0 Å². The molecule has 2 heterocycles. The smallest absolute Gasteiger partial charge is 0.318 e. The number of hydrogen-bond donors (Lipinski definition) is 1. The van der Waals surface area contributed by atoms with Gasteiger partial charge >= 0.3 is 6.03 Å². The second-order valence-electron chi connectivity index (χ2n) is 6.89. The summed E-state index contributed by atoms with van der Waals surface area (Å²) in [5.41, 5.74) is 0. The van der Waals surface area contributed by atoms with E-state index in [0.717, 1.165) is 37.9 Å². The summed E-state index contributed by atoms with van der Waals surface area (Å²) >= 11 is 0. The molecule has 0 radical (unpaired) electrons. The van der Waals surface area contributed by atoms with Crippen LogP contribution in [0, 0.1) is 0 Å². The first-order chi connectivity index (χ1) is 11.7. The van der Waals surface area contributed by atoms with E-state index in [1.54, 1.807) is 12.5 Å². The maximum absolute atomic E-state index is 13.0. The van der Waals surface area contributed by atoms with E-state index >= 15 is 0 Å². The number of carbonyl (C=O) groups is 1. The third kappa shape index (κ3) is 2.92. The standard InChI is InChI=1S/C18H24N4O2/c1-13(17-6-3-11-24-17)22(14-7-8-14)18(23)20-15-4-2-5-16(15)21-10-9-19-12-21/h3,6,9-16H,2,4-5,7-8H2,1H3,(H,20,23)/t13-,15-,16+/m1/s1. The Morgan fingerprint density at radius 3 is 2.96 bits per heavy atom. The summed E-state index contributed by atoms with van der Waals surface area (Å²) in [6, 6.07) is 4.60. The summed E-state index contributed by atoms with van der Waals surface area (Å²) in [6.45, 7) is 2.04. The highest BCUT2D eigenvalue weighted by molar-refractivity contribution is 5.76. The topological polar surface area (TPSA) is 63.3 Å². The molecule has 2 amide bonds. The lowest BCUT2D eigenvalue weighted by Gasteiger charge is -2.31. The van der Waals surface area contributed by atoms with Gasteiger partial charge in [0.15, 0.2) is 0 Å². The molecule has 128 valence electrons. The molecule has 6 nitrogen and oxygen atoms in total. The Morgan fingerprint density at radius 2 is 2.29 bits per heavy atom. The number of rotatable bonds is 5. The highest BCUT2D eigenvalue weighted by Crippen LogP contribution is 2.36. The van der Waals surface area contributed by atoms with Gasteiger partial charge in [0.1, 0.15) is 5.76 Å². The van der Waals surface area contributed by atoms with Crippen molar-refractivity contribution in [3.63, 3.8) is 0 Å².